The van der Waals surface area contributed by atoms with Gasteiger partial charge in [-0.2, -0.15) is 13.2 Å². The van der Waals surface area contributed by atoms with Gasteiger partial charge in [-0.15, -0.1) is 0 Å². The lowest BCUT2D eigenvalue weighted by Crippen LogP contribution is -2.49. The summed E-state index contributed by atoms with van der Waals surface area (Å²) >= 11 is 0. The molecular formula is C31H29F4N5O3. The topological polar surface area (TPSA) is 83.1 Å². The molecule has 2 aliphatic heterocycles. The van der Waals surface area contributed by atoms with Crippen LogP contribution in [0, 0.1) is 11.7 Å². The lowest BCUT2D eigenvalue weighted by Gasteiger charge is -2.37. The number of Topliss-reactive ketones (excluding diaryl/α,β-unsaturated/α-hetero) is 1. The highest BCUT2D eigenvalue weighted by atomic mass is 19.4. The molecule has 1 N–H and O–H groups in total. The molecule has 1 aromatic carbocycles. The molecule has 1 unspecified atom stereocenters. The van der Waals surface area contributed by atoms with Crippen LogP contribution in [0.3, 0.4) is 0 Å². The van der Waals surface area contributed by atoms with E-state index in [1.165, 1.54) is 17.0 Å². The quantitative estimate of drug-likeness (QED) is 0.327. The van der Waals surface area contributed by atoms with E-state index in [1.54, 1.807) is 11.1 Å². The number of aromatic nitrogens is 3. The molecular weight excluding hydrogens is 566 g/mol. The molecule has 1 saturated heterocycles. The van der Waals surface area contributed by atoms with Crippen molar-refractivity contribution in [2.24, 2.45) is 5.92 Å². The van der Waals surface area contributed by atoms with Crippen molar-refractivity contribution in [3.63, 3.8) is 0 Å². The van der Waals surface area contributed by atoms with Crippen molar-refractivity contribution in [1.29, 1.82) is 0 Å². The second-order valence-electron chi connectivity index (χ2n) is 11.6. The van der Waals surface area contributed by atoms with Crippen LogP contribution in [0.15, 0.2) is 48.9 Å². The van der Waals surface area contributed by atoms with Gasteiger partial charge in [-0.1, -0.05) is 6.07 Å². The van der Waals surface area contributed by atoms with E-state index >= 15 is 4.39 Å². The zero-order chi connectivity index (χ0) is 30.0. The third-order valence-electron chi connectivity index (χ3n) is 9.03. The fourth-order valence-corrected chi connectivity index (χ4v) is 6.92. The number of urea groups is 1. The van der Waals surface area contributed by atoms with Gasteiger partial charge in [0.25, 0.3) is 0 Å². The number of amides is 2. The molecule has 4 aromatic rings. The van der Waals surface area contributed by atoms with Crippen LogP contribution in [0.4, 0.5) is 22.4 Å². The normalized spacial score (nSPS) is 19.1. The largest absolute Gasteiger partial charge is 0.414 e. The van der Waals surface area contributed by atoms with Crippen LogP contribution in [0.2, 0.25) is 0 Å². The van der Waals surface area contributed by atoms with E-state index in [4.69, 9.17) is 0 Å². The highest BCUT2D eigenvalue weighted by molar-refractivity contribution is 6.33. The van der Waals surface area contributed by atoms with Gasteiger partial charge in [0, 0.05) is 68.1 Å². The minimum absolute atomic E-state index is 0.0151. The number of rotatable bonds is 3. The van der Waals surface area contributed by atoms with Crippen molar-refractivity contribution in [3.05, 3.63) is 71.6 Å². The Labute approximate surface area is 243 Å². The van der Waals surface area contributed by atoms with Gasteiger partial charge in [0.05, 0.1) is 17.4 Å². The number of aliphatic hydroxyl groups is 1. The summed E-state index contributed by atoms with van der Waals surface area (Å²) in [7, 11) is 0. The lowest BCUT2D eigenvalue weighted by atomic mass is 9.91. The summed E-state index contributed by atoms with van der Waals surface area (Å²) in [5.74, 6) is -1.45. The molecule has 0 saturated carbocycles. The SMILES string of the molecule is O=C1CCC(c2cnc3ccccn23)=C1c1cn2c3c(cc(F)cc13)CN(C(=O)N1CCC(C(O)C(F)(F)F)CC1)CC2. The summed E-state index contributed by atoms with van der Waals surface area (Å²) < 4.78 is 58.0. The summed E-state index contributed by atoms with van der Waals surface area (Å²) in [5.41, 5.74) is 5.01. The molecule has 2 amide bonds. The van der Waals surface area contributed by atoms with E-state index in [-0.39, 0.29) is 44.3 Å². The minimum Gasteiger partial charge on any atom is -0.383 e. The number of pyridine rings is 1. The maximum Gasteiger partial charge on any atom is 0.414 e. The summed E-state index contributed by atoms with van der Waals surface area (Å²) in [5, 5.41) is 10.2. The van der Waals surface area contributed by atoms with Gasteiger partial charge in [-0.25, -0.2) is 14.2 Å². The number of fused-ring (bicyclic) bond motifs is 1. The van der Waals surface area contributed by atoms with Gasteiger partial charge in [-0.05, 0) is 60.6 Å². The molecule has 224 valence electrons. The molecule has 8 nitrogen and oxygen atoms in total. The molecule has 5 heterocycles. The standard InChI is InChI=1S/C31H29F4N5O3/c32-20-13-19-16-39(30(43)37-9-6-18(7-10-37)29(42)31(33,34)35)12-11-38-17-23(22(14-20)28(19)38)27-21(4-5-25(27)41)24-15-36-26-3-1-2-8-40(24)26/h1-3,8,13-15,17-18,29,42H,4-7,9-12,16H2. The average Bonchev–Trinajstić information content (AvgIpc) is 3.64. The van der Waals surface area contributed by atoms with E-state index in [0.29, 0.717) is 48.0 Å². The van der Waals surface area contributed by atoms with Gasteiger partial charge in [0.2, 0.25) is 0 Å². The Morgan fingerprint density at radius 1 is 1.05 bits per heavy atom. The zero-order valence-electron chi connectivity index (χ0n) is 23.1. The molecule has 0 spiro atoms. The van der Waals surface area contributed by atoms with Crippen molar-refractivity contribution in [2.75, 3.05) is 19.6 Å². The van der Waals surface area contributed by atoms with E-state index in [2.05, 4.69) is 4.98 Å². The van der Waals surface area contributed by atoms with Crippen molar-refractivity contribution in [2.45, 2.75) is 51.1 Å². The number of imidazole rings is 1. The molecule has 1 fully saturated rings. The zero-order valence-corrected chi connectivity index (χ0v) is 23.1. The number of hydrogen-bond acceptors (Lipinski definition) is 4. The van der Waals surface area contributed by atoms with Crippen molar-refractivity contribution >= 4 is 39.5 Å². The second-order valence-corrected chi connectivity index (χ2v) is 11.6. The van der Waals surface area contributed by atoms with Gasteiger partial charge < -0.3 is 19.5 Å². The van der Waals surface area contributed by atoms with E-state index < -0.39 is 24.0 Å². The van der Waals surface area contributed by atoms with E-state index in [9.17, 15) is 27.9 Å². The monoisotopic (exact) mass is 595 g/mol. The lowest BCUT2D eigenvalue weighted by molar-refractivity contribution is -0.222. The molecule has 0 radical (unpaired) electrons. The summed E-state index contributed by atoms with van der Waals surface area (Å²) in [6.45, 7) is 1.02. The number of halogens is 4. The van der Waals surface area contributed by atoms with Crippen LogP contribution in [-0.4, -0.2) is 72.6 Å². The second kappa shape index (κ2) is 10.2. The fraction of sp³-hybridized carbons (Fsp3) is 0.387. The number of nitrogens with zero attached hydrogens (tertiary/aromatic N) is 5. The van der Waals surface area contributed by atoms with Gasteiger partial charge in [0.15, 0.2) is 11.9 Å². The summed E-state index contributed by atoms with van der Waals surface area (Å²) in [4.78, 5) is 34.4. The average molecular weight is 596 g/mol. The summed E-state index contributed by atoms with van der Waals surface area (Å²) in [6.07, 6.45) is -0.582. The number of piperidine rings is 1. The number of carbonyl (C=O) groups is 2. The van der Waals surface area contributed by atoms with Crippen LogP contribution in [-0.2, 0) is 17.9 Å². The van der Waals surface area contributed by atoms with E-state index in [0.717, 1.165) is 22.4 Å². The highest BCUT2D eigenvalue weighted by Gasteiger charge is 2.44. The van der Waals surface area contributed by atoms with Crippen molar-refractivity contribution < 1.29 is 32.3 Å². The first-order chi connectivity index (χ1) is 20.6. The molecule has 43 heavy (non-hydrogen) atoms. The first-order valence-corrected chi connectivity index (χ1v) is 14.4. The number of alkyl halides is 3. The molecule has 0 bridgehead atoms. The Hall–Kier alpha value is -4.19. The number of hydrogen-bond donors (Lipinski definition) is 1. The number of ketones is 1. The number of allylic oxidation sites excluding steroid dienone is 2. The number of carbonyl (C=O) groups excluding carboxylic acids is 2. The van der Waals surface area contributed by atoms with Gasteiger partial charge in [0.1, 0.15) is 11.5 Å². The Balaban J connectivity index is 1.20. The van der Waals surface area contributed by atoms with Crippen LogP contribution in [0.5, 0.6) is 0 Å². The van der Waals surface area contributed by atoms with Crippen LogP contribution in [0.1, 0.15) is 42.5 Å². The molecule has 1 atom stereocenters. The van der Waals surface area contributed by atoms with Crippen molar-refractivity contribution in [1.82, 2.24) is 23.8 Å². The van der Waals surface area contributed by atoms with Crippen molar-refractivity contribution in [3.8, 4) is 0 Å². The van der Waals surface area contributed by atoms with Gasteiger partial charge in [-0.3, -0.25) is 9.20 Å². The Morgan fingerprint density at radius 3 is 2.60 bits per heavy atom. The first kappa shape index (κ1) is 27.6. The van der Waals surface area contributed by atoms with Crippen LogP contribution >= 0.6 is 0 Å². The number of aliphatic hydroxyl groups excluding tert-OH is 1. The molecule has 3 aliphatic rings. The predicted molar refractivity (Wildman–Crippen MR) is 150 cm³/mol. The minimum atomic E-state index is -4.69. The maximum atomic E-state index is 15.1. The van der Waals surface area contributed by atoms with Gasteiger partial charge >= 0.3 is 12.2 Å². The number of likely N-dealkylation sites (tertiary alicyclic amines) is 1. The Kier molecular flexibility index (Phi) is 6.57. The van der Waals surface area contributed by atoms with E-state index in [1.807, 2.05) is 39.6 Å². The molecule has 1 aliphatic carbocycles. The molecule has 7 rings (SSSR count). The Morgan fingerprint density at radius 2 is 1.84 bits per heavy atom. The number of benzene rings is 1. The molecule has 12 heteroatoms. The third kappa shape index (κ3) is 4.68. The summed E-state index contributed by atoms with van der Waals surface area (Å²) in [6, 6.07) is 8.19. The highest BCUT2D eigenvalue weighted by Crippen LogP contribution is 2.42. The maximum absolute atomic E-state index is 15.1. The molecule has 3 aromatic heterocycles. The third-order valence-corrected chi connectivity index (χ3v) is 9.03. The van der Waals surface area contributed by atoms with Crippen LogP contribution < -0.4 is 0 Å². The Bertz CT molecular complexity index is 1800. The predicted octanol–water partition coefficient (Wildman–Crippen LogP) is 5.27. The smallest absolute Gasteiger partial charge is 0.383 e. The fourth-order valence-electron chi connectivity index (χ4n) is 6.92. The van der Waals surface area contributed by atoms with Crippen LogP contribution in [0.25, 0.3) is 27.7 Å². The first-order valence-electron chi connectivity index (χ1n) is 14.4.